The third kappa shape index (κ3) is 2.48. The number of benzene rings is 1. The van der Waals surface area contributed by atoms with E-state index < -0.39 is 0 Å². The Morgan fingerprint density at radius 1 is 1.22 bits per heavy atom. The lowest BCUT2D eigenvalue weighted by Gasteiger charge is -2.05. The third-order valence-corrected chi connectivity index (χ3v) is 2.63. The Labute approximate surface area is 106 Å². The van der Waals surface area contributed by atoms with Gasteiger partial charge in [-0.15, -0.1) is 0 Å². The summed E-state index contributed by atoms with van der Waals surface area (Å²) in [6.07, 6.45) is 1.72. The number of ether oxygens (including phenoxy) is 1. The molecule has 4 heteroatoms. The van der Waals surface area contributed by atoms with Gasteiger partial charge in [0, 0.05) is 30.4 Å². The van der Waals surface area contributed by atoms with E-state index in [1.54, 1.807) is 32.5 Å². The van der Waals surface area contributed by atoms with Crippen molar-refractivity contribution in [1.29, 1.82) is 0 Å². The molecule has 1 N–H and O–H groups in total. The molecule has 1 aromatic heterocycles. The molecular formula is C14H14N2O2. The minimum Gasteiger partial charge on any atom is -0.481 e. The Bertz CT molecular complexity index is 550. The van der Waals surface area contributed by atoms with E-state index >= 15 is 0 Å². The summed E-state index contributed by atoms with van der Waals surface area (Å²) in [6.45, 7) is 0. The summed E-state index contributed by atoms with van der Waals surface area (Å²) in [5, 5.41) is 2.60. The fourth-order valence-electron chi connectivity index (χ4n) is 1.66. The first-order valence-corrected chi connectivity index (χ1v) is 5.57. The van der Waals surface area contributed by atoms with Crippen molar-refractivity contribution in [1.82, 2.24) is 10.3 Å². The minimum absolute atomic E-state index is 0.0988. The molecule has 1 amide bonds. The van der Waals surface area contributed by atoms with E-state index in [1.807, 2.05) is 24.3 Å². The molecule has 4 nitrogen and oxygen atoms in total. The van der Waals surface area contributed by atoms with Crippen LogP contribution in [0.15, 0.2) is 42.6 Å². The zero-order valence-corrected chi connectivity index (χ0v) is 10.3. The molecule has 0 saturated heterocycles. The molecule has 0 bridgehead atoms. The first kappa shape index (κ1) is 12.1. The van der Waals surface area contributed by atoms with Gasteiger partial charge in [-0.05, 0) is 23.8 Å². The Morgan fingerprint density at radius 2 is 2.06 bits per heavy atom. The van der Waals surface area contributed by atoms with E-state index in [0.717, 1.165) is 11.1 Å². The minimum atomic E-state index is -0.0988. The fraction of sp³-hybridized carbons (Fsp3) is 0.143. The van der Waals surface area contributed by atoms with Crippen molar-refractivity contribution in [3.8, 4) is 17.0 Å². The molecule has 0 atom stereocenters. The molecule has 1 aromatic carbocycles. The van der Waals surface area contributed by atoms with Crippen molar-refractivity contribution >= 4 is 5.91 Å². The van der Waals surface area contributed by atoms with E-state index in [2.05, 4.69) is 10.3 Å². The summed E-state index contributed by atoms with van der Waals surface area (Å²) in [6, 6.07) is 11.1. The highest BCUT2D eigenvalue weighted by Gasteiger charge is 2.05. The quantitative estimate of drug-likeness (QED) is 0.896. The van der Waals surface area contributed by atoms with Crippen molar-refractivity contribution in [2.75, 3.05) is 14.2 Å². The molecule has 0 aliphatic rings. The van der Waals surface area contributed by atoms with Crippen LogP contribution in [-0.2, 0) is 0 Å². The topological polar surface area (TPSA) is 51.2 Å². The number of amides is 1. The Kier molecular flexibility index (Phi) is 3.57. The smallest absolute Gasteiger partial charge is 0.251 e. The van der Waals surface area contributed by atoms with Crippen LogP contribution in [-0.4, -0.2) is 25.0 Å². The molecule has 1 heterocycles. The van der Waals surface area contributed by atoms with Crippen LogP contribution >= 0.6 is 0 Å². The first-order valence-electron chi connectivity index (χ1n) is 5.57. The van der Waals surface area contributed by atoms with Crippen LogP contribution in [0.4, 0.5) is 0 Å². The fourth-order valence-corrected chi connectivity index (χ4v) is 1.66. The highest BCUT2D eigenvalue weighted by atomic mass is 16.5. The van der Waals surface area contributed by atoms with Crippen molar-refractivity contribution in [2.24, 2.45) is 0 Å². The van der Waals surface area contributed by atoms with Crippen LogP contribution in [0, 0.1) is 0 Å². The van der Waals surface area contributed by atoms with Gasteiger partial charge in [0.1, 0.15) is 0 Å². The monoisotopic (exact) mass is 242 g/mol. The van der Waals surface area contributed by atoms with Gasteiger partial charge in [0.15, 0.2) is 0 Å². The van der Waals surface area contributed by atoms with Crippen molar-refractivity contribution < 1.29 is 9.53 Å². The van der Waals surface area contributed by atoms with Crippen molar-refractivity contribution in [2.45, 2.75) is 0 Å². The number of nitrogens with one attached hydrogen (secondary N) is 1. The predicted molar refractivity (Wildman–Crippen MR) is 69.6 cm³/mol. The van der Waals surface area contributed by atoms with Crippen molar-refractivity contribution in [3.63, 3.8) is 0 Å². The van der Waals surface area contributed by atoms with E-state index in [-0.39, 0.29) is 5.91 Å². The standard InChI is InChI=1S/C14H14N2O2/c1-15-14(17)11-5-3-4-10(8-11)12-6-7-13(18-2)16-9-12/h3-9H,1-2H3,(H,15,17). The first-order chi connectivity index (χ1) is 8.74. The number of methoxy groups -OCH3 is 1. The molecular weight excluding hydrogens is 228 g/mol. The second-order valence-electron chi connectivity index (χ2n) is 3.75. The lowest BCUT2D eigenvalue weighted by atomic mass is 10.0. The van der Waals surface area contributed by atoms with E-state index in [9.17, 15) is 4.79 Å². The Balaban J connectivity index is 2.35. The molecule has 0 radical (unpaired) electrons. The maximum absolute atomic E-state index is 11.6. The Morgan fingerprint density at radius 3 is 2.67 bits per heavy atom. The van der Waals surface area contributed by atoms with E-state index in [1.165, 1.54) is 0 Å². The van der Waals surface area contributed by atoms with Crippen LogP contribution in [0.25, 0.3) is 11.1 Å². The highest BCUT2D eigenvalue weighted by Crippen LogP contribution is 2.21. The second-order valence-corrected chi connectivity index (χ2v) is 3.75. The molecule has 0 unspecified atom stereocenters. The van der Waals surface area contributed by atoms with Gasteiger partial charge in [-0.3, -0.25) is 4.79 Å². The number of hydrogen-bond acceptors (Lipinski definition) is 3. The molecule has 0 spiro atoms. The Hall–Kier alpha value is -2.36. The van der Waals surface area contributed by atoms with E-state index in [4.69, 9.17) is 4.74 Å². The van der Waals surface area contributed by atoms with Crippen LogP contribution in [0.5, 0.6) is 5.88 Å². The number of aromatic nitrogens is 1. The average molecular weight is 242 g/mol. The van der Waals surface area contributed by atoms with Gasteiger partial charge in [0.25, 0.3) is 5.91 Å². The molecule has 0 fully saturated rings. The number of rotatable bonds is 3. The lowest BCUT2D eigenvalue weighted by Crippen LogP contribution is -2.17. The van der Waals surface area contributed by atoms with Gasteiger partial charge in [-0.25, -0.2) is 4.98 Å². The van der Waals surface area contributed by atoms with Gasteiger partial charge in [0.05, 0.1) is 7.11 Å². The summed E-state index contributed by atoms with van der Waals surface area (Å²) in [5.74, 6) is 0.472. The average Bonchev–Trinajstić information content (AvgIpc) is 2.46. The van der Waals surface area contributed by atoms with Crippen LogP contribution in [0.2, 0.25) is 0 Å². The van der Waals surface area contributed by atoms with Crippen LogP contribution in [0.1, 0.15) is 10.4 Å². The SMILES string of the molecule is CNC(=O)c1cccc(-c2ccc(OC)nc2)c1. The lowest BCUT2D eigenvalue weighted by molar-refractivity contribution is 0.0963. The molecule has 92 valence electrons. The molecule has 2 aromatic rings. The second kappa shape index (κ2) is 5.31. The maximum atomic E-state index is 11.6. The number of hydrogen-bond donors (Lipinski definition) is 1. The van der Waals surface area contributed by atoms with Crippen LogP contribution < -0.4 is 10.1 Å². The number of carbonyl (C=O) groups is 1. The van der Waals surface area contributed by atoms with Gasteiger partial charge in [-0.1, -0.05) is 12.1 Å². The number of carbonyl (C=O) groups excluding carboxylic acids is 1. The summed E-state index contributed by atoms with van der Waals surface area (Å²) in [7, 11) is 3.19. The predicted octanol–water partition coefficient (Wildman–Crippen LogP) is 2.12. The number of pyridine rings is 1. The third-order valence-electron chi connectivity index (χ3n) is 2.63. The van der Waals surface area contributed by atoms with Gasteiger partial charge >= 0.3 is 0 Å². The maximum Gasteiger partial charge on any atom is 0.251 e. The molecule has 0 aliphatic carbocycles. The molecule has 2 rings (SSSR count). The van der Waals surface area contributed by atoms with Gasteiger partial charge in [0.2, 0.25) is 5.88 Å². The van der Waals surface area contributed by atoms with Gasteiger partial charge in [-0.2, -0.15) is 0 Å². The van der Waals surface area contributed by atoms with Crippen molar-refractivity contribution in [3.05, 3.63) is 48.2 Å². The number of nitrogens with zero attached hydrogens (tertiary/aromatic N) is 1. The van der Waals surface area contributed by atoms with Crippen LogP contribution in [0.3, 0.4) is 0 Å². The molecule has 18 heavy (non-hydrogen) atoms. The molecule has 0 aliphatic heterocycles. The largest absolute Gasteiger partial charge is 0.481 e. The normalized spacial score (nSPS) is 9.89. The summed E-state index contributed by atoms with van der Waals surface area (Å²) in [5.41, 5.74) is 2.53. The summed E-state index contributed by atoms with van der Waals surface area (Å²) >= 11 is 0. The zero-order valence-electron chi connectivity index (χ0n) is 10.3. The van der Waals surface area contributed by atoms with E-state index in [0.29, 0.717) is 11.4 Å². The zero-order chi connectivity index (χ0) is 13.0. The summed E-state index contributed by atoms with van der Waals surface area (Å²) < 4.78 is 5.01. The van der Waals surface area contributed by atoms with Gasteiger partial charge < -0.3 is 10.1 Å². The highest BCUT2D eigenvalue weighted by molar-refractivity contribution is 5.95. The molecule has 0 saturated carbocycles. The summed E-state index contributed by atoms with van der Waals surface area (Å²) in [4.78, 5) is 15.7.